The van der Waals surface area contributed by atoms with Crippen LogP contribution in [0.15, 0.2) is 48.8 Å². The predicted molar refractivity (Wildman–Crippen MR) is 97.7 cm³/mol. The van der Waals surface area contributed by atoms with Gasteiger partial charge in [0.2, 0.25) is 5.91 Å². The Morgan fingerprint density at radius 2 is 1.88 bits per heavy atom. The number of piperidine rings is 1. The van der Waals surface area contributed by atoms with E-state index in [0.717, 1.165) is 31.5 Å². The summed E-state index contributed by atoms with van der Waals surface area (Å²) < 4.78 is 0. The molecule has 6 nitrogen and oxygen atoms in total. The number of rotatable bonds is 6. The van der Waals surface area contributed by atoms with Crippen LogP contribution in [0.1, 0.15) is 28.8 Å². The van der Waals surface area contributed by atoms with E-state index in [0.29, 0.717) is 18.7 Å². The lowest BCUT2D eigenvalue weighted by atomic mass is 9.89. The van der Waals surface area contributed by atoms with Crippen molar-refractivity contribution in [2.75, 3.05) is 19.6 Å². The average molecular weight is 353 g/mol. The maximum atomic E-state index is 12.5. The average Bonchev–Trinajstić information content (AvgIpc) is 2.68. The van der Waals surface area contributed by atoms with E-state index >= 15 is 0 Å². The van der Waals surface area contributed by atoms with Gasteiger partial charge in [0.25, 0.3) is 0 Å². The predicted octanol–water partition coefficient (Wildman–Crippen LogP) is 2.00. The maximum Gasteiger partial charge on any atom is 0.234 e. The molecular weight excluding hydrogens is 330 g/mol. The Kier molecular flexibility index (Phi) is 5.96. The third-order valence-corrected chi connectivity index (χ3v) is 4.69. The number of phenolic OH excluding ortho intramolecular Hbond substituents is 1. The first kappa shape index (κ1) is 18.1. The molecule has 0 atom stereocenters. The highest BCUT2D eigenvalue weighted by Crippen LogP contribution is 2.22. The van der Waals surface area contributed by atoms with Crippen LogP contribution in [0.2, 0.25) is 0 Å². The van der Waals surface area contributed by atoms with Crippen molar-refractivity contribution in [3.05, 3.63) is 59.9 Å². The Hall–Kier alpha value is -2.73. The highest BCUT2D eigenvalue weighted by molar-refractivity contribution is 5.98. The van der Waals surface area contributed by atoms with E-state index in [1.807, 2.05) is 12.1 Å². The summed E-state index contributed by atoms with van der Waals surface area (Å²) in [6.45, 7) is 2.28. The number of pyridine rings is 1. The lowest BCUT2D eigenvalue weighted by Crippen LogP contribution is -2.42. The summed E-state index contributed by atoms with van der Waals surface area (Å²) in [6.07, 6.45) is 4.93. The summed E-state index contributed by atoms with van der Waals surface area (Å²) in [6, 6.07) is 10.2. The van der Waals surface area contributed by atoms with E-state index in [1.54, 1.807) is 24.5 Å². The highest BCUT2D eigenvalue weighted by Gasteiger charge is 2.26. The summed E-state index contributed by atoms with van der Waals surface area (Å²) in [5, 5.41) is 12.2. The summed E-state index contributed by atoms with van der Waals surface area (Å²) >= 11 is 0. The highest BCUT2D eigenvalue weighted by atomic mass is 16.3. The molecule has 1 saturated heterocycles. The maximum absolute atomic E-state index is 12.5. The zero-order valence-electron chi connectivity index (χ0n) is 14.6. The second kappa shape index (κ2) is 8.58. The van der Waals surface area contributed by atoms with Crippen LogP contribution in [0, 0.1) is 5.92 Å². The number of nitrogens with zero attached hydrogens (tertiary/aromatic N) is 2. The zero-order chi connectivity index (χ0) is 18.4. The number of Topliss-reactive ketones (excluding diaryl/α,β-unsaturated/α-hetero) is 1. The molecule has 1 aromatic heterocycles. The molecule has 136 valence electrons. The van der Waals surface area contributed by atoms with Gasteiger partial charge < -0.3 is 10.4 Å². The van der Waals surface area contributed by atoms with Crippen molar-refractivity contribution in [3.8, 4) is 5.75 Å². The number of aromatic nitrogens is 1. The van der Waals surface area contributed by atoms with E-state index in [9.17, 15) is 14.7 Å². The third kappa shape index (κ3) is 4.89. The fourth-order valence-electron chi connectivity index (χ4n) is 3.18. The van der Waals surface area contributed by atoms with Gasteiger partial charge in [-0.3, -0.25) is 19.5 Å². The van der Waals surface area contributed by atoms with Crippen molar-refractivity contribution in [3.63, 3.8) is 0 Å². The van der Waals surface area contributed by atoms with Gasteiger partial charge in [-0.05, 0) is 61.8 Å². The Bertz CT molecular complexity index is 739. The normalized spacial score (nSPS) is 15.5. The minimum atomic E-state index is -0.0192. The monoisotopic (exact) mass is 353 g/mol. The first-order valence-electron chi connectivity index (χ1n) is 8.83. The molecule has 1 aromatic carbocycles. The van der Waals surface area contributed by atoms with Crippen LogP contribution in [0.25, 0.3) is 0 Å². The van der Waals surface area contributed by atoms with Gasteiger partial charge in [0.1, 0.15) is 5.75 Å². The van der Waals surface area contributed by atoms with Crippen molar-refractivity contribution in [2.24, 2.45) is 5.92 Å². The van der Waals surface area contributed by atoms with Gasteiger partial charge in [0.15, 0.2) is 5.78 Å². The van der Waals surface area contributed by atoms with E-state index < -0.39 is 0 Å². The van der Waals surface area contributed by atoms with Gasteiger partial charge in [-0.2, -0.15) is 0 Å². The number of benzene rings is 1. The number of nitrogens with one attached hydrogen (secondary N) is 1. The van der Waals surface area contributed by atoms with Gasteiger partial charge >= 0.3 is 0 Å². The molecule has 0 aliphatic carbocycles. The third-order valence-electron chi connectivity index (χ3n) is 4.69. The number of ketones is 1. The molecule has 1 aliphatic rings. The summed E-state index contributed by atoms with van der Waals surface area (Å²) in [7, 11) is 0. The number of hydrogen-bond acceptors (Lipinski definition) is 5. The van der Waals surface area contributed by atoms with Crippen LogP contribution in [0.4, 0.5) is 0 Å². The number of carbonyl (C=O) groups excluding carboxylic acids is 2. The van der Waals surface area contributed by atoms with Crippen LogP contribution in [0.5, 0.6) is 5.75 Å². The molecule has 0 bridgehead atoms. The van der Waals surface area contributed by atoms with Gasteiger partial charge in [-0.15, -0.1) is 0 Å². The van der Waals surface area contributed by atoms with Crippen molar-refractivity contribution >= 4 is 11.7 Å². The lowest BCUT2D eigenvalue weighted by molar-refractivity contribution is -0.122. The molecule has 6 heteroatoms. The standard InChI is InChI=1S/C20H23N3O3/c24-18-5-3-16(4-6-18)20(26)17-7-10-23(11-8-17)14-19(25)22-13-15-2-1-9-21-12-15/h1-6,9,12,17,24H,7-8,10-11,13-14H2,(H,22,25). The van der Waals surface area contributed by atoms with Crippen LogP contribution >= 0.6 is 0 Å². The van der Waals surface area contributed by atoms with Gasteiger partial charge in [-0.1, -0.05) is 6.07 Å². The van der Waals surface area contributed by atoms with E-state index in [4.69, 9.17) is 0 Å². The summed E-state index contributed by atoms with van der Waals surface area (Å²) in [5.74, 6) is 0.241. The van der Waals surface area contributed by atoms with Crippen LogP contribution in [-0.2, 0) is 11.3 Å². The molecule has 3 rings (SSSR count). The van der Waals surface area contributed by atoms with E-state index in [1.165, 1.54) is 12.1 Å². The van der Waals surface area contributed by atoms with Crippen molar-refractivity contribution in [1.29, 1.82) is 0 Å². The van der Waals surface area contributed by atoms with E-state index in [2.05, 4.69) is 15.2 Å². The molecule has 1 amide bonds. The second-order valence-corrected chi connectivity index (χ2v) is 6.60. The molecule has 2 N–H and O–H groups in total. The van der Waals surface area contributed by atoms with Crippen molar-refractivity contribution in [2.45, 2.75) is 19.4 Å². The summed E-state index contributed by atoms with van der Waals surface area (Å²) in [5.41, 5.74) is 1.61. The quantitative estimate of drug-likeness (QED) is 0.776. The molecule has 0 unspecified atom stereocenters. The fourth-order valence-corrected chi connectivity index (χ4v) is 3.18. The van der Waals surface area contributed by atoms with Gasteiger partial charge in [-0.25, -0.2) is 0 Å². The molecule has 1 fully saturated rings. The largest absolute Gasteiger partial charge is 0.508 e. The first-order valence-corrected chi connectivity index (χ1v) is 8.83. The molecule has 0 saturated carbocycles. The fraction of sp³-hybridized carbons (Fsp3) is 0.350. The molecule has 26 heavy (non-hydrogen) atoms. The second-order valence-electron chi connectivity index (χ2n) is 6.60. The minimum Gasteiger partial charge on any atom is -0.508 e. The molecule has 2 heterocycles. The Labute approximate surface area is 152 Å². The zero-order valence-corrected chi connectivity index (χ0v) is 14.6. The molecule has 0 spiro atoms. The van der Waals surface area contributed by atoms with Crippen LogP contribution < -0.4 is 5.32 Å². The topological polar surface area (TPSA) is 82.5 Å². The number of hydrogen-bond donors (Lipinski definition) is 2. The van der Waals surface area contributed by atoms with Gasteiger partial charge in [0, 0.05) is 30.4 Å². The van der Waals surface area contributed by atoms with E-state index in [-0.39, 0.29) is 23.4 Å². The SMILES string of the molecule is O=C(CN1CCC(C(=O)c2ccc(O)cc2)CC1)NCc1cccnc1. The lowest BCUT2D eigenvalue weighted by Gasteiger charge is -2.30. The van der Waals surface area contributed by atoms with Gasteiger partial charge in [0.05, 0.1) is 6.54 Å². The van der Waals surface area contributed by atoms with Crippen LogP contribution in [0.3, 0.4) is 0 Å². The van der Waals surface area contributed by atoms with Crippen molar-refractivity contribution in [1.82, 2.24) is 15.2 Å². The number of likely N-dealkylation sites (tertiary alicyclic amines) is 1. The molecule has 0 radical (unpaired) electrons. The summed E-state index contributed by atoms with van der Waals surface area (Å²) in [4.78, 5) is 30.7. The minimum absolute atomic E-state index is 0.0165. The number of amides is 1. The number of carbonyl (C=O) groups is 2. The van der Waals surface area contributed by atoms with Crippen molar-refractivity contribution < 1.29 is 14.7 Å². The Morgan fingerprint density at radius 1 is 1.15 bits per heavy atom. The Morgan fingerprint density at radius 3 is 2.54 bits per heavy atom. The number of aromatic hydroxyl groups is 1. The number of phenols is 1. The molecule has 2 aromatic rings. The smallest absolute Gasteiger partial charge is 0.234 e. The first-order chi connectivity index (χ1) is 12.6. The molecular formula is C20H23N3O3. The van der Waals surface area contributed by atoms with Crippen LogP contribution in [-0.4, -0.2) is 46.3 Å². The molecule has 1 aliphatic heterocycles. The Balaban J connectivity index is 1.42.